The molecule has 0 aliphatic carbocycles. The molecule has 0 atom stereocenters. The van der Waals surface area contributed by atoms with E-state index in [0.717, 1.165) is 16.8 Å². The second-order valence-corrected chi connectivity index (χ2v) is 6.18. The number of benzene rings is 2. The molecule has 27 heavy (non-hydrogen) atoms. The molecule has 2 aromatic carbocycles. The number of nitrogens with one attached hydrogen (secondary N) is 1. The molecule has 0 aliphatic rings. The number of anilines is 1. The molecule has 8 nitrogen and oxygen atoms in total. The summed E-state index contributed by atoms with van der Waals surface area (Å²) in [7, 11) is 3.16. The normalized spacial score (nSPS) is 10.7. The number of non-ortho nitro benzene ring substituents is 1. The predicted molar refractivity (Wildman–Crippen MR) is 105 cm³/mol. The Hall–Kier alpha value is -3.46. The van der Waals surface area contributed by atoms with Gasteiger partial charge in [-0.2, -0.15) is 5.10 Å². The molecule has 0 fully saturated rings. The van der Waals surface area contributed by atoms with E-state index >= 15 is 0 Å². The Bertz CT molecular complexity index is 970. The van der Waals surface area contributed by atoms with Crippen molar-refractivity contribution in [2.24, 2.45) is 5.10 Å². The number of hydrazone groups is 1. The summed E-state index contributed by atoms with van der Waals surface area (Å²) in [4.78, 5) is 14.7. The maximum absolute atomic E-state index is 10.7. The molecule has 0 bridgehead atoms. The van der Waals surface area contributed by atoms with Crippen LogP contribution in [0, 0.1) is 10.1 Å². The minimum atomic E-state index is -0.430. The third kappa shape index (κ3) is 4.39. The second-order valence-electron chi connectivity index (χ2n) is 5.33. The summed E-state index contributed by atoms with van der Waals surface area (Å²) in [5.74, 6) is 1.27. The van der Waals surface area contributed by atoms with E-state index < -0.39 is 4.92 Å². The lowest BCUT2D eigenvalue weighted by Gasteiger charge is -2.07. The van der Waals surface area contributed by atoms with Crippen LogP contribution in [0.4, 0.5) is 10.8 Å². The number of hydrogen-bond donors (Lipinski definition) is 1. The van der Waals surface area contributed by atoms with Crippen LogP contribution in [0.2, 0.25) is 0 Å². The topological polar surface area (TPSA) is 98.9 Å². The van der Waals surface area contributed by atoms with Gasteiger partial charge in [0, 0.05) is 23.1 Å². The van der Waals surface area contributed by atoms with Gasteiger partial charge < -0.3 is 9.47 Å². The molecule has 0 radical (unpaired) electrons. The predicted octanol–water partition coefficient (Wildman–Crippen LogP) is 4.18. The number of nitro benzene ring substituents is 1. The average molecular weight is 384 g/mol. The van der Waals surface area contributed by atoms with E-state index in [2.05, 4.69) is 15.5 Å². The number of methoxy groups -OCH3 is 2. The van der Waals surface area contributed by atoms with Crippen LogP contribution in [0.3, 0.4) is 0 Å². The van der Waals surface area contributed by atoms with Gasteiger partial charge in [0.2, 0.25) is 5.13 Å². The van der Waals surface area contributed by atoms with E-state index in [1.165, 1.54) is 23.5 Å². The zero-order chi connectivity index (χ0) is 19.2. The van der Waals surface area contributed by atoms with Crippen molar-refractivity contribution < 1.29 is 14.4 Å². The van der Waals surface area contributed by atoms with Crippen molar-refractivity contribution in [2.45, 2.75) is 0 Å². The Morgan fingerprint density at radius 1 is 1.15 bits per heavy atom. The Labute approximate surface area is 159 Å². The van der Waals surface area contributed by atoms with E-state index in [4.69, 9.17) is 9.47 Å². The van der Waals surface area contributed by atoms with Crippen LogP contribution in [-0.2, 0) is 0 Å². The number of hydrogen-bond acceptors (Lipinski definition) is 8. The highest BCUT2D eigenvalue weighted by Gasteiger charge is 2.08. The maximum atomic E-state index is 10.7. The fourth-order valence-electron chi connectivity index (χ4n) is 2.31. The SMILES string of the molecule is COc1ccc(/C=N\Nc2nc(-c3ccc([N+](=O)[O-])cc3)cs2)cc1OC. The third-order valence-corrected chi connectivity index (χ3v) is 4.41. The number of nitro groups is 1. The molecule has 0 amide bonds. The lowest BCUT2D eigenvalue weighted by Crippen LogP contribution is -1.94. The number of nitrogens with zero attached hydrogens (tertiary/aromatic N) is 3. The molecule has 1 aromatic heterocycles. The number of rotatable bonds is 7. The smallest absolute Gasteiger partial charge is 0.269 e. The Morgan fingerprint density at radius 3 is 2.56 bits per heavy atom. The van der Waals surface area contributed by atoms with Crippen LogP contribution in [0.5, 0.6) is 11.5 Å². The average Bonchev–Trinajstić information content (AvgIpc) is 3.16. The molecule has 0 aliphatic heterocycles. The molecule has 138 valence electrons. The fraction of sp³-hybridized carbons (Fsp3) is 0.111. The van der Waals surface area contributed by atoms with Crippen LogP contribution < -0.4 is 14.9 Å². The molecule has 3 rings (SSSR count). The molecule has 0 saturated carbocycles. The highest BCUT2D eigenvalue weighted by molar-refractivity contribution is 7.14. The first-order valence-corrected chi connectivity index (χ1v) is 8.70. The zero-order valence-electron chi connectivity index (χ0n) is 14.6. The van der Waals surface area contributed by atoms with Gasteiger partial charge in [-0.3, -0.25) is 15.5 Å². The number of aromatic nitrogens is 1. The van der Waals surface area contributed by atoms with E-state index in [-0.39, 0.29) is 5.69 Å². The van der Waals surface area contributed by atoms with Crippen molar-refractivity contribution in [2.75, 3.05) is 19.6 Å². The van der Waals surface area contributed by atoms with E-state index in [1.54, 1.807) is 38.6 Å². The van der Waals surface area contributed by atoms with Crippen molar-refractivity contribution in [3.05, 3.63) is 63.5 Å². The number of thiazole rings is 1. The molecular weight excluding hydrogens is 368 g/mol. The standard InChI is InChI=1S/C18H16N4O4S/c1-25-16-8-3-12(9-17(16)26-2)10-19-21-18-20-15(11-27-18)13-4-6-14(7-5-13)22(23)24/h3-11H,1-2H3,(H,20,21)/b19-10-. The Morgan fingerprint density at radius 2 is 1.89 bits per heavy atom. The Kier molecular flexibility index (Phi) is 5.62. The lowest BCUT2D eigenvalue weighted by molar-refractivity contribution is -0.384. The van der Waals surface area contributed by atoms with Crippen molar-refractivity contribution in [1.29, 1.82) is 0 Å². The van der Waals surface area contributed by atoms with Gasteiger partial charge in [-0.15, -0.1) is 11.3 Å². The first kappa shape index (κ1) is 18.3. The summed E-state index contributed by atoms with van der Waals surface area (Å²) in [6, 6.07) is 11.7. The summed E-state index contributed by atoms with van der Waals surface area (Å²) >= 11 is 1.39. The van der Waals surface area contributed by atoms with Crippen molar-refractivity contribution >= 4 is 28.4 Å². The minimum absolute atomic E-state index is 0.0480. The zero-order valence-corrected chi connectivity index (χ0v) is 15.4. The maximum Gasteiger partial charge on any atom is 0.269 e. The molecular formula is C18H16N4O4S. The van der Waals surface area contributed by atoms with Crippen LogP contribution in [0.15, 0.2) is 52.9 Å². The first-order valence-electron chi connectivity index (χ1n) is 7.82. The molecule has 0 unspecified atom stereocenters. The summed E-state index contributed by atoms with van der Waals surface area (Å²) in [6.45, 7) is 0. The summed E-state index contributed by atoms with van der Waals surface area (Å²) < 4.78 is 10.5. The Balaban J connectivity index is 1.67. The summed E-state index contributed by atoms with van der Waals surface area (Å²) in [5.41, 5.74) is 5.28. The lowest BCUT2D eigenvalue weighted by atomic mass is 10.1. The molecule has 1 heterocycles. The minimum Gasteiger partial charge on any atom is -0.493 e. The van der Waals surface area contributed by atoms with Crippen LogP contribution in [0.25, 0.3) is 11.3 Å². The summed E-state index contributed by atoms with van der Waals surface area (Å²) in [6.07, 6.45) is 1.65. The van der Waals surface area contributed by atoms with Gasteiger partial charge in [-0.1, -0.05) is 0 Å². The third-order valence-electron chi connectivity index (χ3n) is 3.66. The fourth-order valence-corrected chi connectivity index (χ4v) is 2.98. The highest BCUT2D eigenvalue weighted by atomic mass is 32.1. The van der Waals surface area contributed by atoms with Gasteiger partial charge in [0.1, 0.15) is 0 Å². The summed E-state index contributed by atoms with van der Waals surface area (Å²) in [5, 5.41) is 17.4. The number of ether oxygens (including phenoxy) is 2. The van der Waals surface area contributed by atoms with Gasteiger partial charge in [0.05, 0.1) is 31.1 Å². The monoisotopic (exact) mass is 384 g/mol. The van der Waals surface area contributed by atoms with E-state index in [0.29, 0.717) is 16.6 Å². The van der Waals surface area contributed by atoms with Crippen LogP contribution >= 0.6 is 11.3 Å². The van der Waals surface area contributed by atoms with Crippen molar-refractivity contribution in [1.82, 2.24) is 4.98 Å². The van der Waals surface area contributed by atoms with Crippen molar-refractivity contribution in [3.8, 4) is 22.8 Å². The van der Waals surface area contributed by atoms with Gasteiger partial charge in [0.15, 0.2) is 11.5 Å². The second kappa shape index (κ2) is 8.28. The molecule has 0 spiro atoms. The van der Waals surface area contributed by atoms with Gasteiger partial charge in [0.25, 0.3) is 5.69 Å². The van der Waals surface area contributed by atoms with Crippen LogP contribution in [0.1, 0.15) is 5.56 Å². The van der Waals surface area contributed by atoms with Crippen LogP contribution in [-0.4, -0.2) is 30.3 Å². The molecule has 1 N–H and O–H groups in total. The molecule has 3 aromatic rings. The van der Waals surface area contributed by atoms with Crippen molar-refractivity contribution in [3.63, 3.8) is 0 Å². The van der Waals surface area contributed by atoms with E-state index in [1.807, 2.05) is 17.5 Å². The van der Waals surface area contributed by atoms with Gasteiger partial charge in [-0.25, -0.2) is 4.98 Å². The van der Waals surface area contributed by atoms with Gasteiger partial charge in [-0.05, 0) is 35.9 Å². The quantitative estimate of drug-likeness (QED) is 0.373. The van der Waals surface area contributed by atoms with E-state index in [9.17, 15) is 10.1 Å². The highest BCUT2D eigenvalue weighted by Crippen LogP contribution is 2.28. The largest absolute Gasteiger partial charge is 0.493 e. The first-order chi connectivity index (χ1) is 13.1. The molecule has 0 saturated heterocycles. The molecule has 9 heteroatoms. The van der Waals surface area contributed by atoms with Gasteiger partial charge >= 0.3 is 0 Å².